The van der Waals surface area contributed by atoms with Gasteiger partial charge in [0.25, 0.3) is 0 Å². The van der Waals surface area contributed by atoms with Gasteiger partial charge in [0, 0.05) is 5.69 Å². The second kappa shape index (κ2) is 4.61. The Bertz CT molecular complexity index is 457. The van der Waals surface area contributed by atoms with Gasteiger partial charge in [-0.25, -0.2) is 4.79 Å². The first-order valence-corrected chi connectivity index (χ1v) is 6.21. The third-order valence-corrected chi connectivity index (χ3v) is 3.09. The summed E-state index contributed by atoms with van der Waals surface area (Å²) in [5.41, 5.74) is 1.39. The van der Waals surface area contributed by atoms with Gasteiger partial charge in [0.2, 0.25) is 0 Å². The standard InChI is InChI=1S/C14H20N2O2/c1-10-6-5-7-12(8-10)15-13(17)16-9-11(2)18-14(16,3)4/h5-8,11H,9H2,1-4H3,(H,15,17). The topological polar surface area (TPSA) is 41.6 Å². The van der Waals surface area contributed by atoms with Crippen molar-refractivity contribution in [2.75, 3.05) is 11.9 Å². The maximum absolute atomic E-state index is 12.2. The number of anilines is 1. The number of aryl methyl sites for hydroxylation is 1. The van der Waals surface area contributed by atoms with Gasteiger partial charge in [-0.3, -0.25) is 4.90 Å². The van der Waals surface area contributed by atoms with Crippen LogP contribution in [-0.4, -0.2) is 29.3 Å². The molecule has 1 heterocycles. The second-order valence-corrected chi connectivity index (χ2v) is 5.29. The molecule has 1 aromatic rings. The zero-order chi connectivity index (χ0) is 13.3. The van der Waals surface area contributed by atoms with Crippen molar-refractivity contribution in [3.05, 3.63) is 29.8 Å². The third-order valence-electron chi connectivity index (χ3n) is 3.09. The molecule has 1 fully saturated rings. The normalized spacial score (nSPS) is 22.0. The van der Waals surface area contributed by atoms with Crippen LogP contribution in [-0.2, 0) is 4.74 Å². The molecule has 0 spiro atoms. The van der Waals surface area contributed by atoms with E-state index in [1.165, 1.54) is 0 Å². The minimum atomic E-state index is -0.548. The molecule has 98 valence electrons. The molecule has 1 N–H and O–H groups in total. The van der Waals surface area contributed by atoms with E-state index in [9.17, 15) is 4.79 Å². The highest BCUT2D eigenvalue weighted by molar-refractivity contribution is 5.90. The number of nitrogens with zero attached hydrogens (tertiary/aromatic N) is 1. The molecule has 1 atom stereocenters. The number of carbonyl (C=O) groups excluding carboxylic acids is 1. The number of nitrogens with one attached hydrogen (secondary N) is 1. The maximum Gasteiger partial charge on any atom is 0.324 e. The van der Waals surface area contributed by atoms with E-state index >= 15 is 0 Å². The average Bonchev–Trinajstić information content (AvgIpc) is 2.51. The van der Waals surface area contributed by atoms with Gasteiger partial charge in [0.1, 0.15) is 5.72 Å². The number of urea groups is 1. The Morgan fingerprint density at radius 3 is 2.78 bits per heavy atom. The van der Waals surface area contributed by atoms with Crippen LogP contribution in [0.15, 0.2) is 24.3 Å². The van der Waals surface area contributed by atoms with E-state index in [4.69, 9.17) is 4.74 Å². The molecule has 18 heavy (non-hydrogen) atoms. The summed E-state index contributed by atoms with van der Waals surface area (Å²) >= 11 is 0. The number of hydrogen-bond donors (Lipinski definition) is 1. The molecule has 2 rings (SSSR count). The van der Waals surface area contributed by atoms with Crippen molar-refractivity contribution < 1.29 is 9.53 Å². The first kappa shape index (κ1) is 12.9. The average molecular weight is 248 g/mol. The molecule has 0 bridgehead atoms. The Morgan fingerprint density at radius 1 is 1.50 bits per heavy atom. The zero-order valence-electron chi connectivity index (χ0n) is 11.4. The molecule has 0 radical (unpaired) electrons. The Balaban J connectivity index is 2.09. The molecule has 2 amide bonds. The van der Waals surface area contributed by atoms with E-state index in [0.29, 0.717) is 6.54 Å². The maximum atomic E-state index is 12.2. The quantitative estimate of drug-likeness (QED) is 0.830. The van der Waals surface area contributed by atoms with Crippen LogP contribution in [0.2, 0.25) is 0 Å². The Morgan fingerprint density at radius 2 is 2.22 bits per heavy atom. The fraction of sp³-hybridized carbons (Fsp3) is 0.500. The lowest BCUT2D eigenvalue weighted by Crippen LogP contribution is -2.45. The van der Waals surface area contributed by atoms with E-state index in [0.717, 1.165) is 11.3 Å². The molecule has 4 nitrogen and oxygen atoms in total. The van der Waals surface area contributed by atoms with E-state index in [2.05, 4.69) is 5.32 Å². The lowest BCUT2D eigenvalue weighted by Gasteiger charge is -2.29. The van der Waals surface area contributed by atoms with Crippen molar-refractivity contribution in [1.82, 2.24) is 4.90 Å². The SMILES string of the molecule is Cc1cccc(NC(=O)N2CC(C)OC2(C)C)c1. The van der Waals surface area contributed by atoms with Crippen LogP contribution in [0.4, 0.5) is 10.5 Å². The molecule has 1 unspecified atom stereocenters. The molecule has 0 aromatic heterocycles. The number of hydrogen-bond acceptors (Lipinski definition) is 2. The fourth-order valence-corrected chi connectivity index (χ4v) is 2.31. The van der Waals surface area contributed by atoms with E-state index in [-0.39, 0.29) is 12.1 Å². The molecule has 1 saturated heterocycles. The van der Waals surface area contributed by atoms with Gasteiger partial charge in [-0.2, -0.15) is 0 Å². The van der Waals surface area contributed by atoms with E-state index in [1.54, 1.807) is 4.90 Å². The van der Waals surface area contributed by atoms with Crippen LogP contribution < -0.4 is 5.32 Å². The summed E-state index contributed by atoms with van der Waals surface area (Å²) in [5.74, 6) is 0. The van der Waals surface area contributed by atoms with Gasteiger partial charge in [-0.15, -0.1) is 0 Å². The van der Waals surface area contributed by atoms with Crippen LogP contribution in [0.25, 0.3) is 0 Å². The molecule has 0 saturated carbocycles. The van der Waals surface area contributed by atoms with Crippen LogP contribution in [0, 0.1) is 6.92 Å². The highest BCUT2D eigenvalue weighted by Gasteiger charge is 2.40. The molecular weight excluding hydrogens is 228 g/mol. The van der Waals surface area contributed by atoms with Crippen molar-refractivity contribution in [1.29, 1.82) is 0 Å². The van der Waals surface area contributed by atoms with Gasteiger partial charge in [-0.1, -0.05) is 12.1 Å². The van der Waals surface area contributed by atoms with Gasteiger partial charge >= 0.3 is 6.03 Å². The van der Waals surface area contributed by atoms with Crippen molar-refractivity contribution >= 4 is 11.7 Å². The molecule has 0 aliphatic carbocycles. The van der Waals surface area contributed by atoms with E-state index in [1.807, 2.05) is 52.0 Å². The third kappa shape index (κ3) is 2.64. The lowest BCUT2D eigenvalue weighted by molar-refractivity contribution is -0.0536. The Labute approximate surface area is 108 Å². The minimum Gasteiger partial charge on any atom is -0.351 e. The van der Waals surface area contributed by atoms with Crippen molar-refractivity contribution in [2.45, 2.75) is 39.5 Å². The molecule has 1 aromatic carbocycles. The number of benzene rings is 1. The number of amides is 2. The van der Waals surface area contributed by atoms with Gasteiger partial charge in [-0.05, 0) is 45.4 Å². The summed E-state index contributed by atoms with van der Waals surface area (Å²) in [6.45, 7) is 8.41. The summed E-state index contributed by atoms with van der Waals surface area (Å²) in [4.78, 5) is 13.9. The Hall–Kier alpha value is -1.55. The Kier molecular flexibility index (Phi) is 3.30. The zero-order valence-corrected chi connectivity index (χ0v) is 11.4. The van der Waals surface area contributed by atoms with Gasteiger partial charge < -0.3 is 10.1 Å². The smallest absolute Gasteiger partial charge is 0.324 e. The molecule has 1 aliphatic rings. The van der Waals surface area contributed by atoms with E-state index < -0.39 is 5.72 Å². The summed E-state index contributed by atoms with van der Waals surface area (Å²) < 4.78 is 5.71. The van der Waals surface area contributed by atoms with Crippen molar-refractivity contribution in [3.8, 4) is 0 Å². The predicted octanol–water partition coefficient (Wildman–Crippen LogP) is 2.98. The summed E-state index contributed by atoms with van der Waals surface area (Å²) in [6.07, 6.45) is 0.0725. The highest BCUT2D eigenvalue weighted by atomic mass is 16.5. The summed E-state index contributed by atoms with van der Waals surface area (Å²) in [7, 11) is 0. The van der Waals surface area contributed by atoms with Crippen molar-refractivity contribution in [2.24, 2.45) is 0 Å². The van der Waals surface area contributed by atoms with Gasteiger partial charge in [0.15, 0.2) is 0 Å². The van der Waals surface area contributed by atoms with Gasteiger partial charge in [0.05, 0.1) is 12.6 Å². The number of rotatable bonds is 1. The summed E-state index contributed by atoms with van der Waals surface area (Å²) in [5, 5.41) is 2.91. The molecular formula is C14H20N2O2. The first-order chi connectivity index (χ1) is 8.38. The minimum absolute atomic E-state index is 0.0725. The second-order valence-electron chi connectivity index (χ2n) is 5.29. The predicted molar refractivity (Wildman–Crippen MR) is 71.5 cm³/mol. The largest absolute Gasteiger partial charge is 0.351 e. The first-order valence-electron chi connectivity index (χ1n) is 6.21. The van der Waals surface area contributed by atoms with Crippen LogP contribution in [0.1, 0.15) is 26.3 Å². The number of carbonyl (C=O) groups is 1. The monoisotopic (exact) mass is 248 g/mol. The van der Waals surface area contributed by atoms with Crippen LogP contribution in [0.5, 0.6) is 0 Å². The fourth-order valence-electron chi connectivity index (χ4n) is 2.31. The van der Waals surface area contributed by atoms with Crippen LogP contribution >= 0.6 is 0 Å². The highest BCUT2D eigenvalue weighted by Crippen LogP contribution is 2.27. The lowest BCUT2D eigenvalue weighted by atomic mass is 10.2. The molecule has 4 heteroatoms. The molecule has 1 aliphatic heterocycles. The number of ether oxygens (including phenoxy) is 1. The summed E-state index contributed by atoms with van der Waals surface area (Å²) in [6, 6.07) is 7.65. The van der Waals surface area contributed by atoms with Crippen LogP contribution in [0.3, 0.4) is 0 Å². The van der Waals surface area contributed by atoms with Crippen molar-refractivity contribution in [3.63, 3.8) is 0 Å².